The number of nitrogens with zero attached hydrogens (tertiary/aromatic N) is 2. The molecule has 0 saturated carbocycles. The summed E-state index contributed by atoms with van der Waals surface area (Å²) in [5, 5.41) is 1.12. The summed E-state index contributed by atoms with van der Waals surface area (Å²) in [6, 6.07) is 0. The smallest absolute Gasteiger partial charge is 0.142 e. The summed E-state index contributed by atoms with van der Waals surface area (Å²) >= 11 is 3.51. The predicted molar refractivity (Wildman–Crippen MR) is 65.0 cm³/mol. The summed E-state index contributed by atoms with van der Waals surface area (Å²) in [5.74, 6) is 0.941. The Kier molecular flexibility index (Phi) is 3.05. The molecule has 4 heteroatoms. The number of halogens is 1. The Bertz CT molecular complexity index is 476. The molecule has 2 heterocycles. The van der Waals surface area contributed by atoms with Crippen molar-refractivity contribution in [1.29, 1.82) is 0 Å². The summed E-state index contributed by atoms with van der Waals surface area (Å²) in [6.45, 7) is 4.26. The molecule has 0 radical (unpaired) electrons. The quantitative estimate of drug-likeness (QED) is 0.928. The van der Waals surface area contributed by atoms with Gasteiger partial charge in [-0.15, -0.1) is 0 Å². The van der Waals surface area contributed by atoms with Crippen LogP contribution in [0.4, 0.5) is 0 Å². The molecule has 0 atom stereocenters. The molecule has 2 aromatic rings. The zero-order valence-corrected chi connectivity index (χ0v) is 10.6. The molecule has 0 amide bonds. The molecule has 80 valence electrons. The van der Waals surface area contributed by atoms with E-state index >= 15 is 0 Å². The zero-order chi connectivity index (χ0) is 10.8. The van der Waals surface area contributed by atoms with E-state index in [9.17, 15) is 0 Å². The molecule has 0 aliphatic heterocycles. The maximum Gasteiger partial charge on any atom is 0.142 e. The highest BCUT2D eigenvalue weighted by Gasteiger charge is 2.10. The van der Waals surface area contributed by atoms with Crippen LogP contribution in [0.2, 0.25) is 0 Å². The van der Waals surface area contributed by atoms with Gasteiger partial charge in [0, 0.05) is 17.1 Å². The largest absolute Gasteiger partial charge is 0.345 e. The Balaban J connectivity index is 2.62. The molecule has 0 aromatic carbocycles. The number of nitrogens with one attached hydrogen (secondary N) is 1. The van der Waals surface area contributed by atoms with Gasteiger partial charge in [-0.05, 0) is 28.8 Å². The lowest BCUT2D eigenvalue weighted by atomic mass is 10.2. The van der Waals surface area contributed by atoms with Gasteiger partial charge in [-0.1, -0.05) is 13.8 Å². The highest BCUT2D eigenvalue weighted by atomic mass is 79.9. The Hall–Kier alpha value is -0.900. The summed E-state index contributed by atoms with van der Waals surface area (Å²) < 4.78 is 1.05. The van der Waals surface area contributed by atoms with Crippen LogP contribution in [-0.4, -0.2) is 15.0 Å². The number of H-pyrrole nitrogens is 1. The first-order chi connectivity index (χ1) is 7.26. The minimum Gasteiger partial charge on any atom is -0.345 e. The van der Waals surface area contributed by atoms with Gasteiger partial charge in [0.15, 0.2) is 0 Å². The topological polar surface area (TPSA) is 41.6 Å². The van der Waals surface area contributed by atoms with Gasteiger partial charge in [-0.25, -0.2) is 9.97 Å². The third-order valence-electron chi connectivity index (χ3n) is 2.41. The molecule has 0 saturated heterocycles. The molecule has 2 rings (SSSR count). The number of hydrogen-bond donors (Lipinski definition) is 1. The van der Waals surface area contributed by atoms with Gasteiger partial charge in [-0.2, -0.15) is 0 Å². The van der Waals surface area contributed by atoms with Crippen LogP contribution in [0.15, 0.2) is 10.7 Å². The second-order valence-electron chi connectivity index (χ2n) is 3.55. The van der Waals surface area contributed by atoms with Crippen molar-refractivity contribution < 1.29 is 0 Å². The normalized spacial score (nSPS) is 11.1. The molecule has 0 aliphatic carbocycles. The van der Waals surface area contributed by atoms with Crippen molar-refractivity contribution >= 4 is 27.0 Å². The molecule has 0 spiro atoms. The van der Waals surface area contributed by atoms with E-state index in [1.165, 1.54) is 0 Å². The second-order valence-corrected chi connectivity index (χ2v) is 4.40. The average molecular weight is 268 g/mol. The summed E-state index contributed by atoms with van der Waals surface area (Å²) in [6.07, 6.45) is 4.89. The van der Waals surface area contributed by atoms with Crippen molar-refractivity contribution in [2.24, 2.45) is 0 Å². The van der Waals surface area contributed by atoms with Gasteiger partial charge in [0.2, 0.25) is 0 Å². The van der Waals surface area contributed by atoms with Gasteiger partial charge >= 0.3 is 0 Å². The molecule has 2 aromatic heterocycles. The maximum absolute atomic E-state index is 4.58. The summed E-state index contributed by atoms with van der Waals surface area (Å²) in [5.41, 5.74) is 2.06. The summed E-state index contributed by atoms with van der Waals surface area (Å²) in [7, 11) is 0. The van der Waals surface area contributed by atoms with E-state index in [0.717, 1.165) is 46.3 Å². The molecule has 0 bridgehead atoms. The molecule has 0 unspecified atom stereocenters. The maximum atomic E-state index is 4.58. The fourth-order valence-corrected chi connectivity index (χ4v) is 2.24. The van der Waals surface area contributed by atoms with E-state index < -0.39 is 0 Å². The minimum atomic E-state index is 0.937. The highest BCUT2D eigenvalue weighted by Crippen LogP contribution is 2.25. The first-order valence-corrected chi connectivity index (χ1v) is 6.08. The molecule has 1 N–H and O–H groups in total. The molecule has 0 aliphatic rings. The monoisotopic (exact) mass is 267 g/mol. The van der Waals surface area contributed by atoms with Gasteiger partial charge in [-0.3, -0.25) is 0 Å². The lowest BCUT2D eigenvalue weighted by molar-refractivity contribution is 0.825. The fraction of sp³-hybridized carbons (Fsp3) is 0.455. The van der Waals surface area contributed by atoms with Crippen molar-refractivity contribution in [3.63, 3.8) is 0 Å². The first kappa shape index (κ1) is 10.6. The Morgan fingerprint density at radius 3 is 2.80 bits per heavy atom. The molecular formula is C11H14BrN3. The van der Waals surface area contributed by atoms with Crippen molar-refractivity contribution in [1.82, 2.24) is 15.0 Å². The van der Waals surface area contributed by atoms with Crippen molar-refractivity contribution in [2.75, 3.05) is 0 Å². The van der Waals surface area contributed by atoms with Crippen LogP contribution in [0.25, 0.3) is 11.0 Å². The van der Waals surface area contributed by atoms with E-state index in [-0.39, 0.29) is 0 Å². The van der Waals surface area contributed by atoms with Crippen LogP contribution < -0.4 is 0 Å². The Morgan fingerprint density at radius 1 is 1.33 bits per heavy atom. The SMILES string of the molecule is CCCc1nc(CC)c2c(Br)c[nH]c2n1. The Labute approximate surface area is 97.5 Å². The van der Waals surface area contributed by atoms with Crippen LogP contribution in [0, 0.1) is 0 Å². The van der Waals surface area contributed by atoms with Crippen LogP contribution in [0.1, 0.15) is 31.8 Å². The third kappa shape index (κ3) is 1.91. The number of hydrogen-bond acceptors (Lipinski definition) is 2. The number of rotatable bonds is 3. The first-order valence-electron chi connectivity index (χ1n) is 5.28. The van der Waals surface area contributed by atoms with Gasteiger partial charge in [0.05, 0.1) is 11.1 Å². The van der Waals surface area contributed by atoms with Crippen molar-refractivity contribution in [3.8, 4) is 0 Å². The van der Waals surface area contributed by atoms with Crippen LogP contribution in [-0.2, 0) is 12.8 Å². The highest BCUT2D eigenvalue weighted by molar-refractivity contribution is 9.10. The van der Waals surface area contributed by atoms with Crippen molar-refractivity contribution in [3.05, 3.63) is 22.2 Å². The number of fused-ring (bicyclic) bond motifs is 1. The predicted octanol–water partition coefficient (Wildman–Crippen LogP) is 3.24. The average Bonchev–Trinajstić information content (AvgIpc) is 2.60. The molecule has 15 heavy (non-hydrogen) atoms. The minimum absolute atomic E-state index is 0.937. The molecular weight excluding hydrogens is 254 g/mol. The third-order valence-corrected chi connectivity index (χ3v) is 3.04. The number of aryl methyl sites for hydroxylation is 2. The van der Waals surface area contributed by atoms with E-state index in [4.69, 9.17) is 0 Å². The number of aromatic amines is 1. The van der Waals surface area contributed by atoms with E-state index in [2.05, 4.69) is 44.7 Å². The van der Waals surface area contributed by atoms with E-state index in [0.29, 0.717) is 0 Å². The standard InChI is InChI=1S/C11H14BrN3/c1-3-5-9-14-8(4-2)10-7(12)6-13-11(10)15-9/h6H,3-5H2,1-2H3,(H,13,14,15). The lowest BCUT2D eigenvalue weighted by Crippen LogP contribution is -1.99. The van der Waals surface area contributed by atoms with Crippen LogP contribution in [0.3, 0.4) is 0 Å². The second kappa shape index (κ2) is 4.31. The fourth-order valence-electron chi connectivity index (χ4n) is 1.71. The van der Waals surface area contributed by atoms with Crippen molar-refractivity contribution in [2.45, 2.75) is 33.1 Å². The molecule has 0 fully saturated rings. The lowest BCUT2D eigenvalue weighted by Gasteiger charge is -2.03. The van der Waals surface area contributed by atoms with Gasteiger partial charge in [0.25, 0.3) is 0 Å². The van der Waals surface area contributed by atoms with Crippen LogP contribution >= 0.6 is 15.9 Å². The summed E-state index contributed by atoms with van der Waals surface area (Å²) in [4.78, 5) is 12.2. The molecule has 3 nitrogen and oxygen atoms in total. The van der Waals surface area contributed by atoms with E-state index in [1.807, 2.05) is 6.20 Å². The zero-order valence-electron chi connectivity index (χ0n) is 8.97. The van der Waals surface area contributed by atoms with E-state index in [1.54, 1.807) is 0 Å². The van der Waals surface area contributed by atoms with Gasteiger partial charge in [0.1, 0.15) is 11.5 Å². The van der Waals surface area contributed by atoms with Crippen LogP contribution in [0.5, 0.6) is 0 Å². The number of aromatic nitrogens is 3. The Morgan fingerprint density at radius 2 is 2.13 bits per heavy atom. The van der Waals surface area contributed by atoms with Gasteiger partial charge < -0.3 is 4.98 Å².